The van der Waals surface area contributed by atoms with Crippen LogP contribution in [0.3, 0.4) is 0 Å². The molecule has 0 fully saturated rings. The van der Waals surface area contributed by atoms with E-state index in [0.717, 1.165) is 18.4 Å². The van der Waals surface area contributed by atoms with Crippen LogP contribution in [0.15, 0.2) is 30.3 Å². The molecule has 1 aromatic rings. The number of carboxylic acids is 1. The number of carbonyl (C=O) groups is 1. The summed E-state index contributed by atoms with van der Waals surface area (Å²) >= 11 is 0. The molecule has 0 saturated heterocycles. The molecule has 4 nitrogen and oxygen atoms in total. The highest BCUT2D eigenvalue weighted by Gasteiger charge is 2.19. The lowest BCUT2D eigenvalue weighted by Crippen LogP contribution is -2.32. The Bertz CT molecular complexity index is 353. The predicted molar refractivity (Wildman–Crippen MR) is 70.6 cm³/mol. The molecule has 0 spiro atoms. The monoisotopic (exact) mass is 251 g/mol. The average molecular weight is 251 g/mol. The molecular weight excluding hydrogens is 230 g/mol. The van der Waals surface area contributed by atoms with Crippen LogP contribution in [0.25, 0.3) is 0 Å². The molecule has 0 aliphatic heterocycles. The summed E-state index contributed by atoms with van der Waals surface area (Å²) in [5.74, 6) is -1.42. The Labute approximate surface area is 108 Å². The van der Waals surface area contributed by atoms with Crippen LogP contribution in [0.1, 0.15) is 31.2 Å². The number of carboxylic acid groups (broad SMARTS) is 1. The van der Waals surface area contributed by atoms with E-state index < -0.39 is 18.0 Å². The Morgan fingerprint density at radius 2 is 1.94 bits per heavy atom. The zero-order valence-corrected chi connectivity index (χ0v) is 10.7. The SMILES string of the molecule is CCCC(O)CNCC(C(=O)O)c1ccccc1. The van der Waals surface area contributed by atoms with Gasteiger partial charge in [0, 0.05) is 13.1 Å². The van der Waals surface area contributed by atoms with Gasteiger partial charge >= 0.3 is 5.97 Å². The van der Waals surface area contributed by atoms with Crippen LogP contribution in [0, 0.1) is 0 Å². The first-order valence-electron chi connectivity index (χ1n) is 6.31. The van der Waals surface area contributed by atoms with Crippen LogP contribution in [0.4, 0.5) is 0 Å². The summed E-state index contributed by atoms with van der Waals surface area (Å²) in [6, 6.07) is 9.14. The first-order valence-corrected chi connectivity index (χ1v) is 6.31. The van der Waals surface area contributed by atoms with Crippen LogP contribution in [0.2, 0.25) is 0 Å². The molecule has 0 saturated carbocycles. The number of aliphatic hydroxyl groups excluding tert-OH is 1. The minimum absolute atomic E-state index is 0.333. The molecule has 1 rings (SSSR count). The molecule has 0 radical (unpaired) electrons. The van der Waals surface area contributed by atoms with Crippen molar-refractivity contribution < 1.29 is 15.0 Å². The van der Waals surface area contributed by atoms with Crippen molar-refractivity contribution in [1.29, 1.82) is 0 Å². The second-order valence-electron chi connectivity index (χ2n) is 4.40. The maximum absolute atomic E-state index is 11.2. The van der Waals surface area contributed by atoms with Crippen molar-refractivity contribution in [2.75, 3.05) is 13.1 Å². The van der Waals surface area contributed by atoms with E-state index >= 15 is 0 Å². The van der Waals surface area contributed by atoms with E-state index in [1.807, 2.05) is 37.3 Å². The third-order valence-corrected chi connectivity index (χ3v) is 2.85. The first kappa shape index (κ1) is 14.7. The number of hydrogen-bond donors (Lipinski definition) is 3. The summed E-state index contributed by atoms with van der Waals surface area (Å²) in [5, 5.41) is 21.8. The van der Waals surface area contributed by atoms with Crippen molar-refractivity contribution in [1.82, 2.24) is 5.32 Å². The minimum Gasteiger partial charge on any atom is -0.481 e. The maximum atomic E-state index is 11.2. The third-order valence-electron chi connectivity index (χ3n) is 2.85. The number of hydrogen-bond acceptors (Lipinski definition) is 3. The third kappa shape index (κ3) is 4.85. The van der Waals surface area contributed by atoms with Gasteiger partial charge in [-0.25, -0.2) is 0 Å². The van der Waals surface area contributed by atoms with E-state index in [2.05, 4.69) is 5.32 Å². The topological polar surface area (TPSA) is 69.6 Å². The van der Waals surface area contributed by atoms with Crippen molar-refractivity contribution in [3.63, 3.8) is 0 Å². The summed E-state index contributed by atoms with van der Waals surface area (Å²) in [7, 11) is 0. The molecule has 0 aliphatic carbocycles. The molecule has 0 amide bonds. The van der Waals surface area contributed by atoms with Crippen molar-refractivity contribution in [2.24, 2.45) is 0 Å². The summed E-state index contributed by atoms with van der Waals surface area (Å²) in [6.07, 6.45) is 1.25. The summed E-state index contributed by atoms with van der Waals surface area (Å²) < 4.78 is 0. The largest absolute Gasteiger partial charge is 0.481 e. The van der Waals surface area contributed by atoms with Crippen LogP contribution in [-0.2, 0) is 4.79 Å². The fourth-order valence-electron chi connectivity index (χ4n) is 1.86. The zero-order valence-electron chi connectivity index (χ0n) is 10.7. The second-order valence-corrected chi connectivity index (χ2v) is 4.40. The molecule has 1 aromatic carbocycles. The lowest BCUT2D eigenvalue weighted by Gasteiger charge is -2.15. The number of rotatable bonds is 8. The van der Waals surface area contributed by atoms with Gasteiger partial charge < -0.3 is 15.5 Å². The number of nitrogens with one attached hydrogen (secondary N) is 1. The number of benzene rings is 1. The van der Waals surface area contributed by atoms with Gasteiger partial charge in [0.2, 0.25) is 0 Å². The van der Waals surface area contributed by atoms with Gasteiger partial charge in [-0.1, -0.05) is 43.7 Å². The van der Waals surface area contributed by atoms with Gasteiger partial charge in [0.05, 0.1) is 12.0 Å². The molecule has 0 heterocycles. The van der Waals surface area contributed by atoms with Crippen LogP contribution in [-0.4, -0.2) is 35.4 Å². The Balaban J connectivity index is 2.48. The van der Waals surface area contributed by atoms with Crippen LogP contribution in [0.5, 0.6) is 0 Å². The summed E-state index contributed by atoms with van der Waals surface area (Å²) in [4.78, 5) is 11.2. The van der Waals surface area contributed by atoms with Gasteiger partial charge in [0.1, 0.15) is 0 Å². The van der Waals surface area contributed by atoms with Gasteiger partial charge in [0.25, 0.3) is 0 Å². The molecule has 3 N–H and O–H groups in total. The average Bonchev–Trinajstić information content (AvgIpc) is 2.35. The van der Waals surface area contributed by atoms with Gasteiger partial charge in [0.15, 0.2) is 0 Å². The Hall–Kier alpha value is -1.39. The molecule has 2 unspecified atom stereocenters. The van der Waals surface area contributed by atoms with Crippen molar-refractivity contribution in [3.8, 4) is 0 Å². The predicted octanol–water partition coefficient (Wildman–Crippen LogP) is 1.61. The van der Waals surface area contributed by atoms with Gasteiger partial charge in [-0.2, -0.15) is 0 Å². The van der Waals surface area contributed by atoms with Gasteiger partial charge in [-0.05, 0) is 12.0 Å². The quantitative estimate of drug-likeness (QED) is 0.656. The highest BCUT2D eigenvalue weighted by Crippen LogP contribution is 2.14. The molecule has 0 aliphatic rings. The van der Waals surface area contributed by atoms with E-state index in [1.165, 1.54) is 0 Å². The normalized spacial score (nSPS) is 14.1. The first-order chi connectivity index (χ1) is 8.65. The van der Waals surface area contributed by atoms with Crippen LogP contribution >= 0.6 is 0 Å². The maximum Gasteiger partial charge on any atom is 0.312 e. The van der Waals surface area contributed by atoms with Crippen molar-refractivity contribution in [3.05, 3.63) is 35.9 Å². The van der Waals surface area contributed by atoms with Crippen molar-refractivity contribution >= 4 is 5.97 Å². The van der Waals surface area contributed by atoms with E-state index in [4.69, 9.17) is 0 Å². The lowest BCUT2D eigenvalue weighted by atomic mass is 9.99. The standard InChI is InChI=1S/C14H21NO3/c1-2-6-12(16)9-15-10-13(14(17)18)11-7-4-3-5-8-11/h3-5,7-8,12-13,15-16H,2,6,9-10H2,1H3,(H,17,18). The molecule has 18 heavy (non-hydrogen) atoms. The molecule has 4 heteroatoms. The number of aliphatic carboxylic acids is 1. The fourth-order valence-corrected chi connectivity index (χ4v) is 1.86. The molecular formula is C14H21NO3. The fraction of sp³-hybridized carbons (Fsp3) is 0.500. The lowest BCUT2D eigenvalue weighted by molar-refractivity contribution is -0.138. The molecule has 2 atom stereocenters. The Morgan fingerprint density at radius 1 is 1.28 bits per heavy atom. The zero-order chi connectivity index (χ0) is 13.4. The highest BCUT2D eigenvalue weighted by atomic mass is 16.4. The molecule has 0 aromatic heterocycles. The second kappa shape index (κ2) is 7.84. The van der Waals surface area contributed by atoms with Gasteiger partial charge in [-0.3, -0.25) is 4.79 Å². The number of aliphatic hydroxyl groups is 1. The van der Waals surface area contributed by atoms with E-state index in [0.29, 0.717) is 13.1 Å². The van der Waals surface area contributed by atoms with E-state index in [-0.39, 0.29) is 0 Å². The van der Waals surface area contributed by atoms with Crippen LogP contribution < -0.4 is 5.32 Å². The highest BCUT2D eigenvalue weighted by molar-refractivity contribution is 5.76. The Kier molecular flexibility index (Phi) is 6.39. The molecule has 100 valence electrons. The molecule has 0 bridgehead atoms. The van der Waals surface area contributed by atoms with E-state index in [1.54, 1.807) is 0 Å². The summed E-state index contributed by atoms with van der Waals surface area (Å²) in [5.41, 5.74) is 0.780. The Morgan fingerprint density at radius 3 is 2.50 bits per heavy atom. The van der Waals surface area contributed by atoms with Crippen molar-refractivity contribution in [2.45, 2.75) is 31.8 Å². The smallest absolute Gasteiger partial charge is 0.312 e. The summed E-state index contributed by atoms with van der Waals surface area (Å²) in [6.45, 7) is 2.78. The van der Waals surface area contributed by atoms with E-state index in [9.17, 15) is 15.0 Å². The minimum atomic E-state index is -0.848. The van der Waals surface area contributed by atoms with Gasteiger partial charge in [-0.15, -0.1) is 0 Å².